The van der Waals surface area contributed by atoms with Crippen LogP contribution in [0, 0.1) is 0 Å². The third-order valence-electron chi connectivity index (χ3n) is 5.88. The summed E-state index contributed by atoms with van der Waals surface area (Å²) in [6.45, 7) is 0. The van der Waals surface area contributed by atoms with E-state index in [0.29, 0.717) is 0 Å². The Morgan fingerprint density at radius 1 is 0.500 bits per heavy atom. The Morgan fingerprint density at radius 2 is 1.16 bits per heavy atom. The molecule has 32 heavy (non-hydrogen) atoms. The van der Waals surface area contributed by atoms with Gasteiger partial charge in [-0.3, -0.25) is 0 Å². The van der Waals surface area contributed by atoms with Gasteiger partial charge >= 0.3 is 0 Å². The quantitative estimate of drug-likeness (QED) is 0.314. The first-order valence-electron chi connectivity index (χ1n) is 10.8. The minimum atomic E-state index is 0.884. The Morgan fingerprint density at radius 3 is 1.91 bits per heavy atom. The van der Waals surface area contributed by atoms with Gasteiger partial charge in [-0.05, 0) is 41.0 Å². The highest BCUT2D eigenvalue weighted by atomic mass is 16.3. The van der Waals surface area contributed by atoms with E-state index in [4.69, 9.17) is 4.42 Å². The van der Waals surface area contributed by atoms with Crippen LogP contribution in [0.25, 0.3) is 44.2 Å². The number of rotatable bonds is 4. The lowest BCUT2D eigenvalue weighted by Gasteiger charge is -2.09. The molecular formula is C30H21NO. The van der Waals surface area contributed by atoms with Crippen molar-refractivity contribution in [2.24, 2.45) is 0 Å². The van der Waals surface area contributed by atoms with Crippen molar-refractivity contribution in [1.29, 1.82) is 0 Å². The summed E-state index contributed by atoms with van der Waals surface area (Å²) in [5, 5.41) is 5.82. The third-order valence-corrected chi connectivity index (χ3v) is 5.88. The second-order valence-electron chi connectivity index (χ2n) is 7.90. The van der Waals surface area contributed by atoms with Crippen LogP contribution in [0.1, 0.15) is 0 Å². The Kier molecular flexibility index (Phi) is 4.47. The number of para-hydroxylation sites is 1. The van der Waals surface area contributed by atoms with Crippen molar-refractivity contribution in [3.63, 3.8) is 0 Å². The molecule has 1 N–H and O–H groups in total. The van der Waals surface area contributed by atoms with E-state index in [0.717, 1.165) is 44.4 Å². The van der Waals surface area contributed by atoms with Crippen molar-refractivity contribution in [3.8, 4) is 22.3 Å². The third kappa shape index (κ3) is 3.23. The molecule has 0 aliphatic rings. The Balaban J connectivity index is 1.42. The molecule has 152 valence electrons. The predicted octanol–water partition coefficient (Wildman–Crippen LogP) is 8.66. The average Bonchev–Trinajstić information content (AvgIpc) is 3.25. The second kappa shape index (κ2) is 7.75. The topological polar surface area (TPSA) is 25.2 Å². The molecule has 0 aliphatic heterocycles. The summed E-state index contributed by atoms with van der Waals surface area (Å²) in [7, 11) is 0. The summed E-state index contributed by atoms with van der Waals surface area (Å²) in [4.78, 5) is 0. The Hall–Kier alpha value is -4.30. The zero-order valence-electron chi connectivity index (χ0n) is 17.5. The molecule has 2 heteroatoms. The highest BCUT2D eigenvalue weighted by Crippen LogP contribution is 2.39. The van der Waals surface area contributed by atoms with Gasteiger partial charge in [0.05, 0.1) is 11.1 Å². The van der Waals surface area contributed by atoms with Crippen LogP contribution in [0.4, 0.5) is 11.4 Å². The van der Waals surface area contributed by atoms with Gasteiger partial charge < -0.3 is 9.73 Å². The van der Waals surface area contributed by atoms with Crippen molar-refractivity contribution in [2.75, 3.05) is 5.32 Å². The maximum Gasteiger partial charge on any atom is 0.143 e. The van der Waals surface area contributed by atoms with Gasteiger partial charge in [0.1, 0.15) is 11.2 Å². The van der Waals surface area contributed by atoms with Gasteiger partial charge in [-0.15, -0.1) is 0 Å². The van der Waals surface area contributed by atoms with Gasteiger partial charge in [-0.1, -0.05) is 97.1 Å². The molecule has 0 saturated carbocycles. The number of hydrogen-bond acceptors (Lipinski definition) is 2. The van der Waals surface area contributed by atoms with E-state index in [9.17, 15) is 0 Å². The fourth-order valence-corrected chi connectivity index (χ4v) is 4.33. The Bertz CT molecular complexity index is 1510. The SMILES string of the molecule is c1ccc(-c2ccc(Nc3cccc4oc5c(-c6ccccc6)cccc5c34)cc2)cc1. The maximum absolute atomic E-state index is 6.35. The molecule has 1 aromatic heterocycles. The van der Waals surface area contributed by atoms with Crippen LogP contribution in [0.15, 0.2) is 126 Å². The van der Waals surface area contributed by atoms with Crippen LogP contribution >= 0.6 is 0 Å². The molecule has 0 bridgehead atoms. The number of furan rings is 1. The Labute approximate surface area is 186 Å². The first kappa shape index (κ1) is 18.5. The minimum absolute atomic E-state index is 0.884. The first-order valence-corrected chi connectivity index (χ1v) is 10.8. The molecule has 0 unspecified atom stereocenters. The zero-order valence-corrected chi connectivity index (χ0v) is 17.5. The fourth-order valence-electron chi connectivity index (χ4n) is 4.33. The molecule has 0 saturated heterocycles. The normalized spacial score (nSPS) is 11.1. The summed E-state index contributed by atoms with van der Waals surface area (Å²) in [6.07, 6.45) is 0. The lowest BCUT2D eigenvalue weighted by Crippen LogP contribution is -1.91. The highest BCUT2D eigenvalue weighted by molar-refractivity contribution is 6.15. The van der Waals surface area contributed by atoms with Gasteiger partial charge in [0.25, 0.3) is 0 Å². The molecule has 0 radical (unpaired) electrons. The van der Waals surface area contributed by atoms with Crippen LogP contribution in [-0.2, 0) is 0 Å². The smallest absolute Gasteiger partial charge is 0.143 e. The van der Waals surface area contributed by atoms with Crippen LogP contribution in [-0.4, -0.2) is 0 Å². The van der Waals surface area contributed by atoms with E-state index in [2.05, 4.69) is 102 Å². The van der Waals surface area contributed by atoms with Gasteiger partial charge in [-0.2, -0.15) is 0 Å². The molecule has 0 spiro atoms. The summed E-state index contributed by atoms with van der Waals surface area (Å²) in [5.74, 6) is 0. The van der Waals surface area contributed by atoms with E-state index in [1.54, 1.807) is 0 Å². The summed E-state index contributed by atoms with van der Waals surface area (Å²) < 4.78 is 6.35. The highest BCUT2D eigenvalue weighted by Gasteiger charge is 2.15. The van der Waals surface area contributed by atoms with E-state index < -0.39 is 0 Å². The van der Waals surface area contributed by atoms with Crippen LogP contribution in [0.5, 0.6) is 0 Å². The number of fused-ring (bicyclic) bond motifs is 3. The second-order valence-corrected chi connectivity index (χ2v) is 7.90. The standard InChI is InChI=1S/C30H21NO/c1-3-9-21(10-4-1)22-17-19-24(20-18-22)31-27-15-8-16-28-29(27)26-14-7-13-25(30(26)32-28)23-11-5-2-6-12-23/h1-20,31H. The summed E-state index contributed by atoms with van der Waals surface area (Å²) >= 11 is 0. The molecule has 2 nitrogen and oxygen atoms in total. The van der Waals surface area contributed by atoms with Crippen LogP contribution < -0.4 is 5.32 Å². The minimum Gasteiger partial charge on any atom is -0.455 e. The number of benzene rings is 5. The molecule has 0 amide bonds. The monoisotopic (exact) mass is 411 g/mol. The number of anilines is 2. The van der Waals surface area contributed by atoms with Crippen molar-refractivity contribution in [2.45, 2.75) is 0 Å². The van der Waals surface area contributed by atoms with Crippen LogP contribution in [0.3, 0.4) is 0 Å². The van der Waals surface area contributed by atoms with Crippen molar-refractivity contribution >= 4 is 33.3 Å². The van der Waals surface area contributed by atoms with Gasteiger partial charge in [0.15, 0.2) is 0 Å². The first-order chi connectivity index (χ1) is 15.9. The van der Waals surface area contributed by atoms with Gasteiger partial charge in [-0.25, -0.2) is 0 Å². The lowest BCUT2D eigenvalue weighted by atomic mass is 10.0. The molecule has 1 heterocycles. The van der Waals surface area contributed by atoms with E-state index >= 15 is 0 Å². The zero-order chi connectivity index (χ0) is 21.3. The van der Waals surface area contributed by atoms with Crippen molar-refractivity contribution in [1.82, 2.24) is 0 Å². The van der Waals surface area contributed by atoms with Gasteiger partial charge in [0.2, 0.25) is 0 Å². The molecule has 6 rings (SSSR count). The van der Waals surface area contributed by atoms with Gasteiger partial charge in [0, 0.05) is 16.6 Å². The lowest BCUT2D eigenvalue weighted by molar-refractivity contribution is 0.670. The molecule has 0 fully saturated rings. The molecule has 0 aliphatic carbocycles. The summed E-state index contributed by atoms with van der Waals surface area (Å²) in [5.41, 5.74) is 8.58. The predicted molar refractivity (Wildman–Crippen MR) is 134 cm³/mol. The van der Waals surface area contributed by atoms with Crippen molar-refractivity contribution < 1.29 is 4.42 Å². The van der Waals surface area contributed by atoms with E-state index in [-0.39, 0.29) is 0 Å². The van der Waals surface area contributed by atoms with E-state index in [1.807, 2.05) is 24.3 Å². The molecular weight excluding hydrogens is 390 g/mol. The van der Waals surface area contributed by atoms with Crippen molar-refractivity contribution in [3.05, 3.63) is 121 Å². The fraction of sp³-hybridized carbons (Fsp3) is 0. The largest absolute Gasteiger partial charge is 0.455 e. The molecule has 0 atom stereocenters. The average molecular weight is 412 g/mol. The number of nitrogens with one attached hydrogen (secondary N) is 1. The molecule has 6 aromatic rings. The molecule has 5 aromatic carbocycles. The van der Waals surface area contributed by atoms with E-state index in [1.165, 1.54) is 11.1 Å². The summed E-state index contributed by atoms with van der Waals surface area (Å²) in [6, 6.07) is 41.9. The number of hydrogen-bond donors (Lipinski definition) is 1. The van der Waals surface area contributed by atoms with Crippen LogP contribution in [0.2, 0.25) is 0 Å². The maximum atomic E-state index is 6.35.